The molecule has 3 heteroatoms. The van der Waals surface area contributed by atoms with Gasteiger partial charge in [-0.2, -0.15) is 0 Å². The second-order valence-electron chi connectivity index (χ2n) is 4.97. The molecule has 2 heterocycles. The number of halogens is 2. The summed E-state index contributed by atoms with van der Waals surface area (Å²) in [5.41, 5.74) is 0.694. The van der Waals surface area contributed by atoms with Crippen molar-refractivity contribution >= 4 is 0 Å². The molecule has 2 fully saturated rings. The van der Waals surface area contributed by atoms with Crippen molar-refractivity contribution in [3.05, 3.63) is 35.4 Å². The van der Waals surface area contributed by atoms with Gasteiger partial charge in [-0.05, 0) is 43.2 Å². The first-order valence-corrected chi connectivity index (χ1v) is 5.93. The fourth-order valence-corrected chi connectivity index (χ4v) is 3.14. The Balaban J connectivity index is 1.87. The third-order valence-electron chi connectivity index (χ3n) is 3.88. The highest BCUT2D eigenvalue weighted by Gasteiger charge is 2.34. The Kier molecular flexibility index (Phi) is 2.43. The van der Waals surface area contributed by atoms with E-state index in [1.54, 1.807) is 6.07 Å². The van der Waals surface area contributed by atoms with E-state index in [0.29, 0.717) is 17.6 Å². The Morgan fingerprint density at radius 1 is 1.06 bits per heavy atom. The molecule has 3 rings (SSSR count). The number of benzene rings is 1. The topological polar surface area (TPSA) is 12.0 Å². The van der Waals surface area contributed by atoms with Gasteiger partial charge < -0.3 is 5.32 Å². The van der Waals surface area contributed by atoms with Crippen LogP contribution < -0.4 is 5.32 Å². The van der Waals surface area contributed by atoms with E-state index >= 15 is 0 Å². The number of rotatable bonds is 1. The molecule has 0 spiro atoms. The average molecular weight is 223 g/mol. The molecule has 2 unspecified atom stereocenters. The maximum Gasteiger partial charge on any atom is 0.129 e. The SMILES string of the molecule is Fc1ccc(C2CC3CCC(C2)N3)c(F)c1. The molecular weight excluding hydrogens is 208 g/mol. The quantitative estimate of drug-likeness (QED) is 0.771. The summed E-state index contributed by atoms with van der Waals surface area (Å²) in [4.78, 5) is 0. The minimum Gasteiger partial charge on any atom is -0.311 e. The molecule has 0 aromatic heterocycles. The van der Waals surface area contributed by atoms with E-state index in [1.165, 1.54) is 18.9 Å². The fourth-order valence-electron chi connectivity index (χ4n) is 3.14. The number of hydrogen-bond acceptors (Lipinski definition) is 1. The third kappa shape index (κ3) is 1.73. The lowest BCUT2D eigenvalue weighted by Gasteiger charge is -2.29. The summed E-state index contributed by atoms with van der Waals surface area (Å²) in [6, 6.07) is 5.04. The van der Waals surface area contributed by atoms with E-state index in [2.05, 4.69) is 5.32 Å². The smallest absolute Gasteiger partial charge is 0.129 e. The maximum atomic E-state index is 13.6. The minimum absolute atomic E-state index is 0.263. The van der Waals surface area contributed by atoms with Crippen molar-refractivity contribution in [3.8, 4) is 0 Å². The van der Waals surface area contributed by atoms with E-state index in [4.69, 9.17) is 0 Å². The van der Waals surface area contributed by atoms with Gasteiger partial charge in [0.25, 0.3) is 0 Å². The van der Waals surface area contributed by atoms with E-state index in [1.807, 2.05) is 0 Å². The molecule has 2 aliphatic rings. The molecule has 2 aliphatic heterocycles. The van der Waals surface area contributed by atoms with Crippen LogP contribution in [0.1, 0.15) is 37.2 Å². The Hall–Kier alpha value is -0.960. The Bertz CT molecular complexity index is 393. The Morgan fingerprint density at radius 2 is 1.75 bits per heavy atom. The number of hydrogen-bond donors (Lipinski definition) is 1. The summed E-state index contributed by atoms with van der Waals surface area (Å²) in [6.07, 6.45) is 4.37. The zero-order valence-corrected chi connectivity index (χ0v) is 9.05. The summed E-state index contributed by atoms with van der Waals surface area (Å²) in [7, 11) is 0. The van der Waals surface area contributed by atoms with Crippen LogP contribution in [0.5, 0.6) is 0 Å². The summed E-state index contributed by atoms with van der Waals surface area (Å²) in [6.45, 7) is 0. The van der Waals surface area contributed by atoms with Gasteiger partial charge in [0.1, 0.15) is 11.6 Å². The van der Waals surface area contributed by atoms with Gasteiger partial charge >= 0.3 is 0 Å². The van der Waals surface area contributed by atoms with Crippen molar-refractivity contribution in [2.45, 2.75) is 43.7 Å². The van der Waals surface area contributed by atoms with Gasteiger partial charge in [-0.3, -0.25) is 0 Å². The Labute approximate surface area is 93.9 Å². The van der Waals surface area contributed by atoms with Crippen molar-refractivity contribution in [1.29, 1.82) is 0 Å². The lowest BCUT2D eigenvalue weighted by atomic mass is 9.86. The molecule has 1 aromatic carbocycles. The van der Waals surface area contributed by atoms with Gasteiger partial charge in [-0.25, -0.2) is 8.78 Å². The second-order valence-corrected chi connectivity index (χ2v) is 4.97. The van der Waals surface area contributed by atoms with Crippen LogP contribution >= 0.6 is 0 Å². The van der Waals surface area contributed by atoms with Gasteiger partial charge in [0.05, 0.1) is 0 Å². The molecule has 0 amide bonds. The van der Waals surface area contributed by atoms with E-state index < -0.39 is 5.82 Å². The monoisotopic (exact) mass is 223 g/mol. The standard InChI is InChI=1S/C13H15F2N/c14-9-1-4-12(13(15)7-9)8-5-10-2-3-11(6-8)16-10/h1,4,7-8,10-11,16H,2-3,5-6H2. The zero-order valence-electron chi connectivity index (χ0n) is 9.05. The molecule has 86 valence electrons. The van der Waals surface area contributed by atoms with Crippen LogP contribution in [0.15, 0.2) is 18.2 Å². The summed E-state index contributed by atoms with van der Waals surface area (Å²) >= 11 is 0. The number of piperidine rings is 1. The molecule has 2 atom stereocenters. The highest BCUT2D eigenvalue weighted by Crippen LogP contribution is 2.38. The van der Waals surface area contributed by atoms with E-state index in [9.17, 15) is 8.78 Å². The largest absolute Gasteiger partial charge is 0.311 e. The first-order valence-electron chi connectivity index (χ1n) is 5.93. The second kappa shape index (κ2) is 3.81. The van der Waals surface area contributed by atoms with E-state index in [0.717, 1.165) is 18.9 Å². The highest BCUT2D eigenvalue weighted by atomic mass is 19.1. The molecule has 2 bridgehead atoms. The normalized spacial score (nSPS) is 33.0. The molecule has 0 saturated carbocycles. The minimum atomic E-state index is -0.488. The van der Waals surface area contributed by atoms with Crippen LogP contribution in [-0.4, -0.2) is 12.1 Å². The molecule has 1 N–H and O–H groups in total. The van der Waals surface area contributed by atoms with Crippen LogP contribution in [0, 0.1) is 11.6 Å². The van der Waals surface area contributed by atoms with E-state index in [-0.39, 0.29) is 11.7 Å². The maximum absolute atomic E-state index is 13.6. The van der Waals surface area contributed by atoms with Gasteiger partial charge in [0.15, 0.2) is 0 Å². The molecule has 0 radical (unpaired) electrons. The van der Waals surface area contributed by atoms with Crippen LogP contribution in [0.25, 0.3) is 0 Å². The van der Waals surface area contributed by atoms with Gasteiger partial charge in [0, 0.05) is 18.2 Å². The zero-order chi connectivity index (χ0) is 11.1. The molecule has 16 heavy (non-hydrogen) atoms. The van der Waals surface area contributed by atoms with Crippen LogP contribution in [0.2, 0.25) is 0 Å². The number of fused-ring (bicyclic) bond motifs is 2. The van der Waals surface area contributed by atoms with Crippen molar-refractivity contribution < 1.29 is 8.78 Å². The first kappa shape index (κ1) is 10.2. The summed E-state index contributed by atoms with van der Waals surface area (Å²) in [5, 5.41) is 3.52. The van der Waals surface area contributed by atoms with Gasteiger partial charge in [-0.15, -0.1) is 0 Å². The van der Waals surface area contributed by atoms with Crippen LogP contribution in [0.4, 0.5) is 8.78 Å². The molecule has 0 aliphatic carbocycles. The van der Waals surface area contributed by atoms with Crippen molar-refractivity contribution in [1.82, 2.24) is 5.32 Å². The predicted octanol–water partition coefficient (Wildman–Crippen LogP) is 2.96. The lowest BCUT2D eigenvalue weighted by molar-refractivity contribution is 0.356. The van der Waals surface area contributed by atoms with Crippen LogP contribution in [0.3, 0.4) is 0 Å². The highest BCUT2D eigenvalue weighted by molar-refractivity contribution is 5.24. The summed E-state index contributed by atoms with van der Waals surface area (Å²) in [5.74, 6) is -0.608. The predicted molar refractivity (Wildman–Crippen MR) is 58.3 cm³/mol. The summed E-state index contributed by atoms with van der Waals surface area (Å²) < 4.78 is 26.5. The number of nitrogens with one attached hydrogen (secondary N) is 1. The average Bonchev–Trinajstić information content (AvgIpc) is 2.58. The van der Waals surface area contributed by atoms with Crippen molar-refractivity contribution in [3.63, 3.8) is 0 Å². The lowest BCUT2D eigenvalue weighted by Crippen LogP contribution is -2.37. The third-order valence-corrected chi connectivity index (χ3v) is 3.88. The molecule has 2 saturated heterocycles. The fraction of sp³-hybridized carbons (Fsp3) is 0.538. The Morgan fingerprint density at radius 3 is 2.38 bits per heavy atom. The van der Waals surface area contributed by atoms with Crippen molar-refractivity contribution in [2.75, 3.05) is 0 Å². The van der Waals surface area contributed by atoms with Crippen molar-refractivity contribution in [2.24, 2.45) is 0 Å². The van der Waals surface area contributed by atoms with Gasteiger partial charge in [0.2, 0.25) is 0 Å². The van der Waals surface area contributed by atoms with Gasteiger partial charge in [-0.1, -0.05) is 6.07 Å². The molecule has 1 nitrogen and oxygen atoms in total. The molecular formula is C13H15F2N. The molecule has 1 aromatic rings. The van der Waals surface area contributed by atoms with Crippen LogP contribution in [-0.2, 0) is 0 Å². The first-order chi connectivity index (χ1) is 7.72.